The summed E-state index contributed by atoms with van der Waals surface area (Å²) in [5.41, 5.74) is 0.807. The SMILES string of the molecule is CS(=O)(=O)N(CCC(=O)N1CCN(C=O)CC1)Cc1ccc(Cl)cc1. The maximum absolute atomic E-state index is 12.3. The molecule has 0 spiro atoms. The molecule has 0 atom stereocenters. The van der Waals surface area contributed by atoms with Crippen LogP contribution in [-0.2, 0) is 26.2 Å². The number of hydrogen-bond acceptors (Lipinski definition) is 4. The third-order valence-electron chi connectivity index (χ3n) is 4.13. The minimum Gasteiger partial charge on any atom is -0.342 e. The second kappa shape index (κ2) is 8.64. The molecule has 1 aliphatic rings. The van der Waals surface area contributed by atoms with Gasteiger partial charge in [-0.1, -0.05) is 23.7 Å². The van der Waals surface area contributed by atoms with Crippen molar-refractivity contribution in [1.82, 2.24) is 14.1 Å². The van der Waals surface area contributed by atoms with E-state index in [1.165, 1.54) is 4.31 Å². The van der Waals surface area contributed by atoms with Gasteiger partial charge in [-0.25, -0.2) is 8.42 Å². The predicted octanol–water partition coefficient (Wildman–Crippen LogP) is 0.792. The molecule has 1 saturated heterocycles. The normalized spacial score (nSPS) is 15.5. The van der Waals surface area contributed by atoms with E-state index in [2.05, 4.69) is 0 Å². The molecule has 9 heteroatoms. The van der Waals surface area contributed by atoms with Gasteiger partial charge in [0.1, 0.15) is 0 Å². The van der Waals surface area contributed by atoms with Gasteiger partial charge in [0.05, 0.1) is 6.26 Å². The highest BCUT2D eigenvalue weighted by Crippen LogP contribution is 2.14. The molecular weight excluding hydrogens is 366 g/mol. The number of piperazine rings is 1. The fraction of sp³-hybridized carbons (Fsp3) is 0.500. The van der Waals surface area contributed by atoms with Crippen LogP contribution in [0.2, 0.25) is 5.02 Å². The van der Waals surface area contributed by atoms with Crippen LogP contribution < -0.4 is 0 Å². The summed E-state index contributed by atoms with van der Waals surface area (Å²) >= 11 is 5.84. The average molecular weight is 388 g/mol. The van der Waals surface area contributed by atoms with Gasteiger partial charge in [-0.15, -0.1) is 0 Å². The maximum atomic E-state index is 12.3. The minimum absolute atomic E-state index is 0.102. The quantitative estimate of drug-likeness (QED) is 0.648. The van der Waals surface area contributed by atoms with Crippen LogP contribution in [0.1, 0.15) is 12.0 Å². The molecule has 0 aromatic heterocycles. The number of hydrogen-bond donors (Lipinski definition) is 0. The van der Waals surface area contributed by atoms with Crippen LogP contribution in [0.4, 0.5) is 0 Å². The Labute approximate surface area is 153 Å². The molecule has 1 fully saturated rings. The molecule has 1 heterocycles. The van der Waals surface area contributed by atoms with E-state index >= 15 is 0 Å². The Bertz CT molecular complexity index is 701. The summed E-state index contributed by atoms with van der Waals surface area (Å²) in [6.07, 6.45) is 2.03. The van der Waals surface area contributed by atoms with Crippen molar-refractivity contribution in [2.45, 2.75) is 13.0 Å². The second-order valence-corrected chi connectivity index (χ2v) is 8.41. The lowest BCUT2D eigenvalue weighted by atomic mass is 10.2. The standard InChI is InChI=1S/C16H22ClN3O4S/c1-25(23,24)20(12-14-2-4-15(17)5-3-14)7-6-16(22)19-10-8-18(13-21)9-11-19/h2-5,13H,6-12H2,1H3. The smallest absolute Gasteiger partial charge is 0.224 e. The highest BCUT2D eigenvalue weighted by Gasteiger charge is 2.23. The van der Waals surface area contributed by atoms with Gasteiger partial charge in [0, 0.05) is 50.7 Å². The van der Waals surface area contributed by atoms with Crippen LogP contribution in [0.3, 0.4) is 0 Å². The van der Waals surface area contributed by atoms with Crippen molar-refractivity contribution < 1.29 is 18.0 Å². The number of nitrogens with zero attached hydrogens (tertiary/aromatic N) is 3. The first kappa shape index (κ1) is 19.7. The molecule has 0 bridgehead atoms. The Morgan fingerprint density at radius 2 is 1.80 bits per heavy atom. The summed E-state index contributed by atoms with van der Waals surface area (Å²) in [6, 6.07) is 6.94. The Kier molecular flexibility index (Phi) is 6.80. The third kappa shape index (κ3) is 5.98. The topological polar surface area (TPSA) is 78.0 Å². The second-order valence-electron chi connectivity index (χ2n) is 6.00. The van der Waals surface area contributed by atoms with Crippen LogP contribution in [0, 0.1) is 0 Å². The van der Waals surface area contributed by atoms with Gasteiger partial charge < -0.3 is 9.80 Å². The van der Waals surface area contributed by atoms with E-state index < -0.39 is 10.0 Å². The van der Waals surface area contributed by atoms with Gasteiger partial charge >= 0.3 is 0 Å². The fourth-order valence-electron chi connectivity index (χ4n) is 2.61. The molecule has 0 radical (unpaired) electrons. The van der Waals surface area contributed by atoms with Crippen molar-refractivity contribution in [2.75, 3.05) is 39.0 Å². The first-order chi connectivity index (χ1) is 11.8. The van der Waals surface area contributed by atoms with E-state index in [1.807, 2.05) is 0 Å². The number of carbonyl (C=O) groups is 2. The Morgan fingerprint density at radius 3 is 2.32 bits per heavy atom. The van der Waals surface area contributed by atoms with Crippen LogP contribution in [-0.4, -0.2) is 73.8 Å². The lowest BCUT2D eigenvalue weighted by Gasteiger charge is -2.33. The molecule has 7 nitrogen and oxygen atoms in total. The summed E-state index contributed by atoms with van der Waals surface area (Å²) in [5, 5.41) is 0.583. The van der Waals surface area contributed by atoms with E-state index in [1.54, 1.807) is 34.1 Å². The molecule has 1 aromatic carbocycles. The fourth-order valence-corrected chi connectivity index (χ4v) is 3.54. The summed E-state index contributed by atoms with van der Waals surface area (Å²) < 4.78 is 25.3. The lowest BCUT2D eigenvalue weighted by Crippen LogP contribution is -2.48. The van der Waals surface area contributed by atoms with Gasteiger partial charge in [0.15, 0.2) is 0 Å². The molecule has 1 aromatic rings. The lowest BCUT2D eigenvalue weighted by molar-refractivity contribution is -0.135. The Hall–Kier alpha value is -1.64. The van der Waals surface area contributed by atoms with Gasteiger partial charge in [-0.2, -0.15) is 4.31 Å². The summed E-state index contributed by atoms with van der Waals surface area (Å²) in [6.45, 7) is 2.29. The number of sulfonamides is 1. The summed E-state index contributed by atoms with van der Waals surface area (Å²) in [4.78, 5) is 26.3. The van der Waals surface area contributed by atoms with E-state index in [0.717, 1.165) is 18.2 Å². The van der Waals surface area contributed by atoms with E-state index in [-0.39, 0.29) is 25.4 Å². The van der Waals surface area contributed by atoms with Gasteiger partial charge in [-0.05, 0) is 17.7 Å². The molecule has 0 unspecified atom stereocenters. The minimum atomic E-state index is -3.44. The van der Waals surface area contributed by atoms with Gasteiger partial charge in [-0.3, -0.25) is 9.59 Å². The van der Waals surface area contributed by atoms with Gasteiger partial charge in [0.25, 0.3) is 0 Å². The average Bonchev–Trinajstić information content (AvgIpc) is 2.59. The summed E-state index contributed by atoms with van der Waals surface area (Å²) in [7, 11) is -3.44. The van der Waals surface area contributed by atoms with Crippen molar-refractivity contribution in [1.29, 1.82) is 0 Å². The number of carbonyl (C=O) groups excluding carboxylic acids is 2. The highest BCUT2D eigenvalue weighted by atomic mass is 35.5. The zero-order chi connectivity index (χ0) is 18.4. The molecule has 0 N–H and O–H groups in total. The number of amides is 2. The van der Waals surface area contributed by atoms with Crippen molar-refractivity contribution in [3.63, 3.8) is 0 Å². The van der Waals surface area contributed by atoms with Crippen LogP contribution in [0.5, 0.6) is 0 Å². The predicted molar refractivity (Wildman–Crippen MR) is 95.5 cm³/mol. The van der Waals surface area contributed by atoms with Crippen molar-refractivity contribution in [2.24, 2.45) is 0 Å². The molecule has 138 valence electrons. The number of benzene rings is 1. The molecule has 25 heavy (non-hydrogen) atoms. The van der Waals surface area contributed by atoms with E-state index in [9.17, 15) is 18.0 Å². The molecular formula is C16H22ClN3O4S. The largest absolute Gasteiger partial charge is 0.342 e. The van der Waals surface area contributed by atoms with Crippen molar-refractivity contribution >= 4 is 33.9 Å². The Morgan fingerprint density at radius 1 is 1.20 bits per heavy atom. The van der Waals surface area contributed by atoms with Gasteiger partial charge in [0.2, 0.25) is 22.3 Å². The van der Waals surface area contributed by atoms with Crippen LogP contribution >= 0.6 is 11.6 Å². The zero-order valence-corrected chi connectivity index (χ0v) is 15.7. The van der Waals surface area contributed by atoms with Crippen molar-refractivity contribution in [3.05, 3.63) is 34.9 Å². The highest BCUT2D eigenvalue weighted by molar-refractivity contribution is 7.88. The zero-order valence-electron chi connectivity index (χ0n) is 14.1. The molecule has 0 saturated carbocycles. The maximum Gasteiger partial charge on any atom is 0.224 e. The van der Waals surface area contributed by atoms with Crippen molar-refractivity contribution in [3.8, 4) is 0 Å². The molecule has 2 rings (SSSR count). The monoisotopic (exact) mass is 387 g/mol. The van der Waals surface area contributed by atoms with Crippen LogP contribution in [0.25, 0.3) is 0 Å². The molecule has 2 amide bonds. The molecule has 1 aliphatic heterocycles. The van der Waals surface area contributed by atoms with E-state index in [4.69, 9.17) is 11.6 Å². The Balaban J connectivity index is 1.93. The van der Waals surface area contributed by atoms with Crippen LogP contribution in [0.15, 0.2) is 24.3 Å². The first-order valence-corrected chi connectivity index (χ1v) is 10.2. The number of rotatable bonds is 7. The first-order valence-electron chi connectivity index (χ1n) is 7.96. The summed E-state index contributed by atoms with van der Waals surface area (Å²) in [5.74, 6) is -0.102. The van der Waals surface area contributed by atoms with E-state index in [0.29, 0.717) is 31.2 Å². The third-order valence-corrected chi connectivity index (χ3v) is 5.63. The number of halogens is 1. The molecule has 0 aliphatic carbocycles.